The van der Waals surface area contributed by atoms with Crippen molar-refractivity contribution in [3.63, 3.8) is 0 Å². The summed E-state index contributed by atoms with van der Waals surface area (Å²) in [6, 6.07) is 63.1. The first-order valence-electron chi connectivity index (χ1n) is 23.3. The molecule has 0 fully saturated rings. The summed E-state index contributed by atoms with van der Waals surface area (Å²) in [6.45, 7) is 11.5. The van der Waals surface area contributed by atoms with E-state index in [1.54, 1.807) is 0 Å². The van der Waals surface area contributed by atoms with Gasteiger partial charge in [0, 0.05) is 65.9 Å². The smallest absolute Gasteiger partial charge is 0.333 e. The summed E-state index contributed by atoms with van der Waals surface area (Å²) in [5.41, 5.74) is 23.1. The molecule has 0 amide bonds. The van der Waals surface area contributed by atoms with Crippen molar-refractivity contribution in [3.05, 3.63) is 187 Å². The molecule has 2 aliphatic heterocycles. The third kappa shape index (κ3) is 4.55. The molecule has 1 aliphatic carbocycles. The van der Waals surface area contributed by atoms with Gasteiger partial charge >= 0.3 is 6.85 Å². The molecule has 15 rings (SSSR count). The lowest BCUT2D eigenvalue weighted by Crippen LogP contribution is -2.60. The molecule has 0 saturated heterocycles. The molecule has 3 aromatic heterocycles. The highest BCUT2D eigenvalue weighted by Crippen LogP contribution is 2.56. The van der Waals surface area contributed by atoms with Crippen LogP contribution < -0.4 is 15.7 Å². The summed E-state index contributed by atoms with van der Waals surface area (Å²) < 4.78 is 16.7. The highest BCUT2D eigenvalue weighted by Gasteiger charge is 2.48. The minimum Gasteiger partial charge on any atom is -0.456 e. The second kappa shape index (κ2) is 12.3. The SMILES string of the molecule is CC(C)(C)c1ccc2c(c1)c1c3c(oc4ccccc43)c3c4c1n2-c1cc2c(cc1B4N(c1ccc(-c4ccccc4)cc1)c1cc4c(cc1-3)-c1ccccc1C4(C)C)oc1ccccc12. The third-order valence-corrected chi connectivity index (χ3v) is 15.5. The first kappa shape index (κ1) is 36.6. The van der Waals surface area contributed by atoms with E-state index in [0.29, 0.717) is 0 Å². The summed E-state index contributed by atoms with van der Waals surface area (Å²) in [5.74, 6) is 0. The monoisotopic (exact) mass is 846 g/mol. The Kier molecular flexibility index (Phi) is 6.83. The average Bonchev–Trinajstić information content (AvgIpc) is 4.06. The van der Waals surface area contributed by atoms with Crippen LogP contribution in [0.4, 0.5) is 11.4 Å². The molecule has 66 heavy (non-hydrogen) atoms. The Balaban J connectivity index is 1.17. The highest BCUT2D eigenvalue weighted by molar-refractivity contribution is 6.94. The number of benzene rings is 9. The van der Waals surface area contributed by atoms with Gasteiger partial charge in [-0.3, -0.25) is 0 Å². The molecule has 312 valence electrons. The maximum Gasteiger partial charge on any atom is 0.333 e. The standard InChI is InChI=1S/C61H43BN2O2/c1-60(2,3)36-25-28-48-43(29-36)54-55-40-19-11-14-22-52(40)66-59(55)56-44-30-41-38-17-9-12-20-45(38)61(4,5)46(41)32-49(44)64(37-26-23-35(24-27-37)34-15-7-6-8-16-34)62-47-33-53-42(39-18-10-13-21-51(39)65-53)31-50(47)63(48)58(54)57(56)62/h6-33H,1-5H3. The van der Waals surface area contributed by atoms with E-state index in [4.69, 9.17) is 8.83 Å². The average molecular weight is 847 g/mol. The molecule has 0 atom stereocenters. The summed E-state index contributed by atoms with van der Waals surface area (Å²) in [5, 5.41) is 7.06. The molecule has 0 saturated carbocycles. The van der Waals surface area contributed by atoms with E-state index >= 15 is 0 Å². The molecule has 0 unspecified atom stereocenters. The lowest BCUT2D eigenvalue weighted by atomic mass is 9.43. The van der Waals surface area contributed by atoms with Gasteiger partial charge in [0.15, 0.2) is 0 Å². The highest BCUT2D eigenvalue weighted by atomic mass is 16.3. The Morgan fingerprint density at radius 3 is 2.03 bits per heavy atom. The van der Waals surface area contributed by atoms with Gasteiger partial charge in [-0.2, -0.15) is 0 Å². The van der Waals surface area contributed by atoms with Gasteiger partial charge in [-0.1, -0.05) is 144 Å². The summed E-state index contributed by atoms with van der Waals surface area (Å²) in [7, 11) is 0. The third-order valence-electron chi connectivity index (χ3n) is 15.5. The van der Waals surface area contributed by atoms with Crippen molar-refractivity contribution >= 4 is 94.8 Å². The van der Waals surface area contributed by atoms with Crippen LogP contribution >= 0.6 is 0 Å². The molecular weight excluding hydrogens is 803 g/mol. The number of aromatic nitrogens is 1. The van der Waals surface area contributed by atoms with Crippen LogP contribution in [-0.2, 0) is 10.8 Å². The lowest BCUT2D eigenvalue weighted by Gasteiger charge is -2.42. The van der Waals surface area contributed by atoms with Crippen LogP contribution in [0.3, 0.4) is 0 Å². The van der Waals surface area contributed by atoms with Gasteiger partial charge in [0.2, 0.25) is 0 Å². The maximum atomic E-state index is 7.33. The number of hydrogen-bond donors (Lipinski definition) is 0. The fraction of sp³-hybridized carbons (Fsp3) is 0.115. The normalized spacial score (nSPS) is 14.5. The second-order valence-electron chi connectivity index (χ2n) is 20.4. The summed E-state index contributed by atoms with van der Waals surface area (Å²) in [6.07, 6.45) is 0. The van der Waals surface area contributed by atoms with Crippen molar-refractivity contribution in [2.45, 2.75) is 45.4 Å². The summed E-state index contributed by atoms with van der Waals surface area (Å²) >= 11 is 0. The van der Waals surface area contributed by atoms with Crippen LogP contribution in [0, 0.1) is 0 Å². The van der Waals surface area contributed by atoms with Crippen LogP contribution in [-0.4, -0.2) is 11.4 Å². The van der Waals surface area contributed by atoms with Crippen LogP contribution in [0.1, 0.15) is 51.3 Å². The van der Waals surface area contributed by atoms with E-state index < -0.39 is 0 Å². The molecule has 0 bridgehead atoms. The number of hydrogen-bond acceptors (Lipinski definition) is 3. The molecule has 0 N–H and O–H groups in total. The van der Waals surface area contributed by atoms with Crippen molar-refractivity contribution in [1.29, 1.82) is 0 Å². The molecule has 0 radical (unpaired) electrons. The largest absolute Gasteiger partial charge is 0.456 e. The maximum absolute atomic E-state index is 7.33. The molecular formula is C61H43BN2O2. The zero-order valence-corrected chi connectivity index (χ0v) is 37.5. The number of anilines is 2. The van der Waals surface area contributed by atoms with Crippen molar-refractivity contribution in [1.82, 2.24) is 4.57 Å². The Bertz CT molecular complexity index is 4120. The van der Waals surface area contributed by atoms with Crippen LogP contribution in [0.5, 0.6) is 0 Å². The van der Waals surface area contributed by atoms with E-state index in [1.165, 1.54) is 99.6 Å². The van der Waals surface area contributed by atoms with Crippen LogP contribution in [0.2, 0.25) is 0 Å². The number of rotatable bonds is 2. The van der Waals surface area contributed by atoms with E-state index in [9.17, 15) is 0 Å². The molecule has 12 aromatic rings. The zero-order chi connectivity index (χ0) is 44.0. The molecule has 5 heteroatoms. The van der Waals surface area contributed by atoms with E-state index in [2.05, 4.69) is 214 Å². The Labute approximate surface area is 382 Å². The Morgan fingerprint density at radius 2 is 1.23 bits per heavy atom. The molecule has 9 aromatic carbocycles. The summed E-state index contributed by atoms with van der Waals surface area (Å²) in [4.78, 5) is 2.65. The van der Waals surface area contributed by atoms with Crippen molar-refractivity contribution in [2.24, 2.45) is 0 Å². The van der Waals surface area contributed by atoms with Gasteiger partial charge in [-0.15, -0.1) is 0 Å². The Morgan fingerprint density at radius 1 is 0.515 bits per heavy atom. The van der Waals surface area contributed by atoms with Gasteiger partial charge in [0.25, 0.3) is 0 Å². The number of fused-ring (bicyclic) bond motifs is 19. The zero-order valence-electron chi connectivity index (χ0n) is 37.5. The van der Waals surface area contributed by atoms with Crippen LogP contribution in [0.25, 0.3) is 105 Å². The van der Waals surface area contributed by atoms with Crippen molar-refractivity contribution < 1.29 is 8.83 Å². The predicted octanol–water partition coefficient (Wildman–Crippen LogP) is 15.1. The van der Waals surface area contributed by atoms with E-state index in [1.807, 2.05) is 0 Å². The Hall–Kier alpha value is -7.76. The first-order valence-corrected chi connectivity index (χ1v) is 23.3. The molecule has 4 nitrogen and oxygen atoms in total. The first-order chi connectivity index (χ1) is 32.1. The van der Waals surface area contributed by atoms with Crippen LogP contribution in [0.15, 0.2) is 179 Å². The van der Waals surface area contributed by atoms with Gasteiger partial charge in [-0.25, -0.2) is 0 Å². The van der Waals surface area contributed by atoms with Crippen molar-refractivity contribution in [3.8, 4) is 39.1 Å². The van der Waals surface area contributed by atoms with Gasteiger partial charge in [-0.05, 0) is 116 Å². The van der Waals surface area contributed by atoms with Gasteiger partial charge < -0.3 is 18.2 Å². The minimum absolute atomic E-state index is 0.0526. The number of nitrogens with zero attached hydrogens (tertiary/aromatic N) is 2. The van der Waals surface area contributed by atoms with Gasteiger partial charge in [0.1, 0.15) is 22.3 Å². The lowest BCUT2D eigenvalue weighted by molar-refractivity contribution is 0.591. The fourth-order valence-electron chi connectivity index (χ4n) is 12.4. The van der Waals surface area contributed by atoms with Gasteiger partial charge in [0.05, 0.1) is 11.0 Å². The molecule has 3 aliphatic rings. The minimum atomic E-state index is -0.230. The number of para-hydroxylation sites is 2. The van der Waals surface area contributed by atoms with E-state index in [-0.39, 0.29) is 17.7 Å². The van der Waals surface area contributed by atoms with E-state index in [0.717, 1.165) is 44.2 Å². The topological polar surface area (TPSA) is 34.5 Å². The number of furan rings is 2. The fourth-order valence-corrected chi connectivity index (χ4v) is 12.4. The second-order valence-corrected chi connectivity index (χ2v) is 20.4. The molecule has 5 heterocycles. The quantitative estimate of drug-likeness (QED) is 0.163. The molecule has 0 spiro atoms. The van der Waals surface area contributed by atoms with Crippen molar-refractivity contribution in [2.75, 3.05) is 4.81 Å². The predicted molar refractivity (Wildman–Crippen MR) is 276 cm³/mol.